The second kappa shape index (κ2) is 7.49. The minimum absolute atomic E-state index is 0.126. The van der Waals surface area contributed by atoms with Gasteiger partial charge in [-0.1, -0.05) is 25.0 Å². The van der Waals surface area contributed by atoms with Crippen LogP contribution in [0, 0.1) is 0 Å². The van der Waals surface area contributed by atoms with Gasteiger partial charge in [0.15, 0.2) is 0 Å². The van der Waals surface area contributed by atoms with Crippen molar-refractivity contribution in [1.29, 1.82) is 0 Å². The third-order valence-corrected chi connectivity index (χ3v) is 4.13. The van der Waals surface area contributed by atoms with E-state index in [2.05, 4.69) is 10.6 Å². The summed E-state index contributed by atoms with van der Waals surface area (Å²) in [7, 11) is 0. The molecular formula is C17H26N2O3. The van der Waals surface area contributed by atoms with Crippen molar-refractivity contribution < 1.29 is 14.6 Å². The Kier molecular flexibility index (Phi) is 5.66. The van der Waals surface area contributed by atoms with E-state index in [-0.39, 0.29) is 12.1 Å². The smallest absolute Gasteiger partial charge is 0.315 e. The van der Waals surface area contributed by atoms with Crippen LogP contribution in [0.2, 0.25) is 0 Å². The van der Waals surface area contributed by atoms with Crippen LogP contribution in [0.5, 0.6) is 5.75 Å². The lowest BCUT2D eigenvalue weighted by Crippen LogP contribution is -2.45. The number of ether oxygens (including phenoxy) is 1. The first kappa shape index (κ1) is 16.6. The van der Waals surface area contributed by atoms with Crippen LogP contribution in [-0.2, 0) is 0 Å². The van der Waals surface area contributed by atoms with E-state index in [1.807, 2.05) is 38.1 Å². The van der Waals surface area contributed by atoms with Crippen molar-refractivity contribution in [2.75, 3.05) is 13.2 Å². The number of nitrogens with one attached hydrogen (secondary N) is 2. The summed E-state index contributed by atoms with van der Waals surface area (Å²) in [5, 5.41) is 15.9. The zero-order chi connectivity index (χ0) is 16.0. The normalized spacial score (nSPS) is 17.8. The zero-order valence-electron chi connectivity index (χ0n) is 13.4. The molecule has 2 rings (SSSR count). The van der Waals surface area contributed by atoms with E-state index < -0.39 is 5.60 Å². The molecular weight excluding hydrogens is 280 g/mol. The minimum atomic E-state index is -0.727. The van der Waals surface area contributed by atoms with Crippen molar-refractivity contribution in [3.8, 4) is 5.75 Å². The highest BCUT2D eigenvalue weighted by Gasteiger charge is 2.31. The van der Waals surface area contributed by atoms with Crippen molar-refractivity contribution in [3.05, 3.63) is 29.8 Å². The number of aliphatic hydroxyl groups is 1. The van der Waals surface area contributed by atoms with Crippen LogP contribution in [0.1, 0.15) is 51.1 Å². The maximum absolute atomic E-state index is 12.0. The van der Waals surface area contributed by atoms with E-state index in [1.54, 1.807) is 0 Å². The van der Waals surface area contributed by atoms with E-state index >= 15 is 0 Å². The van der Waals surface area contributed by atoms with Gasteiger partial charge in [0.2, 0.25) is 0 Å². The number of amides is 2. The van der Waals surface area contributed by atoms with E-state index in [0.717, 1.165) is 37.0 Å². The fourth-order valence-corrected chi connectivity index (χ4v) is 2.83. The van der Waals surface area contributed by atoms with E-state index in [9.17, 15) is 9.90 Å². The molecule has 1 unspecified atom stereocenters. The number of hydrogen-bond donors (Lipinski definition) is 3. The molecule has 0 radical (unpaired) electrons. The zero-order valence-corrected chi connectivity index (χ0v) is 13.4. The Hall–Kier alpha value is -1.75. The van der Waals surface area contributed by atoms with Crippen LogP contribution in [0.15, 0.2) is 24.3 Å². The first-order valence-corrected chi connectivity index (χ1v) is 8.02. The molecule has 1 atom stereocenters. The maximum Gasteiger partial charge on any atom is 0.315 e. The fourth-order valence-electron chi connectivity index (χ4n) is 2.83. The molecule has 0 spiro atoms. The van der Waals surface area contributed by atoms with Gasteiger partial charge in [0.05, 0.1) is 18.2 Å². The molecule has 3 N–H and O–H groups in total. The van der Waals surface area contributed by atoms with Crippen LogP contribution < -0.4 is 15.4 Å². The van der Waals surface area contributed by atoms with Gasteiger partial charge in [-0.15, -0.1) is 0 Å². The third-order valence-electron chi connectivity index (χ3n) is 4.13. The van der Waals surface area contributed by atoms with Crippen LogP contribution in [0.3, 0.4) is 0 Å². The Morgan fingerprint density at radius 1 is 1.41 bits per heavy atom. The molecule has 2 amide bonds. The average Bonchev–Trinajstić information content (AvgIpc) is 2.93. The molecule has 1 saturated carbocycles. The van der Waals surface area contributed by atoms with Gasteiger partial charge in [0.1, 0.15) is 5.75 Å². The Morgan fingerprint density at radius 3 is 2.82 bits per heavy atom. The Morgan fingerprint density at radius 2 is 2.14 bits per heavy atom. The van der Waals surface area contributed by atoms with E-state index in [4.69, 9.17) is 4.74 Å². The van der Waals surface area contributed by atoms with Gasteiger partial charge in [-0.25, -0.2) is 4.79 Å². The van der Waals surface area contributed by atoms with Crippen LogP contribution in [0.4, 0.5) is 4.79 Å². The van der Waals surface area contributed by atoms with Gasteiger partial charge in [-0.05, 0) is 44.4 Å². The number of carbonyl (C=O) groups excluding carboxylic acids is 1. The topological polar surface area (TPSA) is 70.6 Å². The second-order valence-corrected chi connectivity index (χ2v) is 5.99. The lowest BCUT2D eigenvalue weighted by atomic mass is 10.0. The predicted molar refractivity (Wildman–Crippen MR) is 86.0 cm³/mol. The molecule has 0 saturated heterocycles. The highest BCUT2D eigenvalue weighted by molar-refractivity contribution is 5.74. The molecule has 0 heterocycles. The monoisotopic (exact) mass is 306 g/mol. The molecule has 22 heavy (non-hydrogen) atoms. The minimum Gasteiger partial charge on any atom is -0.494 e. The second-order valence-electron chi connectivity index (χ2n) is 5.99. The summed E-state index contributed by atoms with van der Waals surface area (Å²) in [4.78, 5) is 12.0. The SMILES string of the molecule is CCOc1cccc(C(C)NC(=O)NCC2(O)CCCC2)c1. The summed E-state index contributed by atoms with van der Waals surface area (Å²) in [6, 6.07) is 7.32. The van der Waals surface area contributed by atoms with Crippen molar-refractivity contribution in [3.63, 3.8) is 0 Å². The molecule has 5 nitrogen and oxygen atoms in total. The predicted octanol–water partition coefficient (Wildman–Crippen LogP) is 2.75. The lowest BCUT2D eigenvalue weighted by Gasteiger charge is -2.23. The molecule has 122 valence electrons. The summed E-state index contributed by atoms with van der Waals surface area (Å²) in [6.45, 7) is 4.79. The number of carbonyl (C=O) groups is 1. The van der Waals surface area contributed by atoms with Crippen LogP contribution >= 0.6 is 0 Å². The largest absolute Gasteiger partial charge is 0.494 e. The summed E-state index contributed by atoms with van der Waals surface area (Å²) >= 11 is 0. The van der Waals surface area contributed by atoms with E-state index in [1.165, 1.54) is 0 Å². The number of urea groups is 1. The quantitative estimate of drug-likeness (QED) is 0.757. The first-order chi connectivity index (χ1) is 10.5. The Balaban J connectivity index is 1.84. The van der Waals surface area contributed by atoms with Gasteiger partial charge in [0.25, 0.3) is 0 Å². The van der Waals surface area contributed by atoms with Gasteiger partial charge in [-0.2, -0.15) is 0 Å². The number of rotatable bonds is 6. The highest BCUT2D eigenvalue weighted by atomic mass is 16.5. The molecule has 0 bridgehead atoms. The molecule has 1 aromatic carbocycles. The first-order valence-electron chi connectivity index (χ1n) is 8.02. The Bertz CT molecular complexity index is 498. The van der Waals surface area contributed by atoms with E-state index in [0.29, 0.717) is 13.2 Å². The highest BCUT2D eigenvalue weighted by Crippen LogP contribution is 2.28. The lowest BCUT2D eigenvalue weighted by molar-refractivity contribution is 0.0500. The van der Waals surface area contributed by atoms with Gasteiger partial charge in [-0.3, -0.25) is 0 Å². The third kappa shape index (κ3) is 4.63. The molecule has 1 aliphatic rings. The summed E-state index contributed by atoms with van der Waals surface area (Å²) in [5.74, 6) is 0.800. The maximum atomic E-state index is 12.0. The Labute approximate surface area is 132 Å². The van der Waals surface area contributed by atoms with Crippen LogP contribution in [0.25, 0.3) is 0 Å². The van der Waals surface area contributed by atoms with Crippen molar-refractivity contribution in [2.24, 2.45) is 0 Å². The summed E-state index contributed by atoms with van der Waals surface area (Å²) < 4.78 is 5.47. The van der Waals surface area contributed by atoms with Crippen LogP contribution in [-0.4, -0.2) is 29.9 Å². The van der Waals surface area contributed by atoms with Gasteiger partial charge < -0.3 is 20.5 Å². The summed E-state index contributed by atoms with van der Waals surface area (Å²) in [5.41, 5.74) is 0.260. The molecule has 0 aliphatic heterocycles. The molecule has 1 aliphatic carbocycles. The molecule has 0 aromatic heterocycles. The fraction of sp³-hybridized carbons (Fsp3) is 0.588. The van der Waals surface area contributed by atoms with Gasteiger partial charge in [0, 0.05) is 6.54 Å². The van der Waals surface area contributed by atoms with Crippen molar-refractivity contribution >= 4 is 6.03 Å². The molecule has 1 fully saturated rings. The van der Waals surface area contributed by atoms with Crippen molar-refractivity contribution in [2.45, 2.75) is 51.2 Å². The van der Waals surface area contributed by atoms with Gasteiger partial charge >= 0.3 is 6.03 Å². The standard InChI is InChI=1S/C17H26N2O3/c1-3-22-15-8-6-7-14(11-15)13(2)19-16(20)18-12-17(21)9-4-5-10-17/h6-8,11,13,21H,3-5,9-10,12H2,1-2H3,(H2,18,19,20). The summed E-state index contributed by atoms with van der Waals surface area (Å²) in [6.07, 6.45) is 3.58. The average molecular weight is 306 g/mol. The number of benzene rings is 1. The number of hydrogen-bond acceptors (Lipinski definition) is 3. The molecule has 1 aromatic rings. The van der Waals surface area contributed by atoms with Crippen molar-refractivity contribution in [1.82, 2.24) is 10.6 Å². The molecule has 5 heteroatoms.